The molecule has 1 fully saturated rings. The third kappa shape index (κ3) is 6.44. The lowest BCUT2D eigenvalue weighted by molar-refractivity contribution is -0.127. The van der Waals surface area contributed by atoms with E-state index in [1.54, 1.807) is 6.26 Å². The van der Waals surface area contributed by atoms with E-state index >= 15 is 0 Å². The Balaban J connectivity index is 1.23. The lowest BCUT2D eigenvalue weighted by atomic mass is 10.1. The SMILES string of the molecule is CCNC(=NCC1CC(=O)N(CCc2ccccc2)C1)NCCc1nc(-c2ccco2)n[nH]1. The fourth-order valence-corrected chi connectivity index (χ4v) is 3.89. The van der Waals surface area contributed by atoms with Crippen LogP contribution in [0.4, 0.5) is 0 Å². The summed E-state index contributed by atoms with van der Waals surface area (Å²) in [6, 6.07) is 13.9. The van der Waals surface area contributed by atoms with Crippen LogP contribution in [0.2, 0.25) is 0 Å². The molecule has 174 valence electrons. The lowest BCUT2D eigenvalue weighted by Crippen LogP contribution is -2.38. The number of carbonyl (C=O) groups is 1. The summed E-state index contributed by atoms with van der Waals surface area (Å²) in [4.78, 5) is 23.6. The van der Waals surface area contributed by atoms with Crippen molar-refractivity contribution in [3.8, 4) is 11.6 Å². The fraction of sp³-hybridized carbons (Fsp3) is 0.417. The first-order valence-electron chi connectivity index (χ1n) is 11.5. The molecule has 4 rings (SSSR count). The Morgan fingerprint density at radius 3 is 2.88 bits per heavy atom. The van der Waals surface area contributed by atoms with Crippen LogP contribution in [0.3, 0.4) is 0 Å². The summed E-state index contributed by atoms with van der Waals surface area (Å²) in [5.74, 6) is 3.19. The van der Waals surface area contributed by atoms with Crippen molar-refractivity contribution in [3.63, 3.8) is 0 Å². The number of likely N-dealkylation sites (tertiary alicyclic amines) is 1. The van der Waals surface area contributed by atoms with Gasteiger partial charge in [-0.1, -0.05) is 30.3 Å². The van der Waals surface area contributed by atoms with Gasteiger partial charge in [0.05, 0.1) is 6.26 Å². The highest BCUT2D eigenvalue weighted by atomic mass is 16.3. The normalized spacial score (nSPS) is 16.4. The van der Waals surface area contributed by atoms with E-state index in [2.05, 4.69) is 37.9 Å². The van der Waals surface area contributed by atoms with Gasteiger partial charge in [-0.15, -0.1) is 0 Å². The molecule has 0 radical (unpaired) electrons. The van der Waals surface area contributed by atoms with Gasteiger partial charge in [0, 0.05) is 51.5 Å². The molecule has 0 bridgehead atoms. The van der Waals surface area contributed by atoms with Crippen molar-refractivity contribution >= 4 is 11.9 Å². The van der Waals surface area contributed by atoms with E-state index in [-0.39, 0.29) is 11.8 Å². The molecule has 0 spiro atoms. The first kappa shape index (κ1) is 22.6. The minimum absolute atomic E-state index is 0.224. The van der Waals surface area contributed by atoms with Gasteiger partial charge in [-0.2, -0.15) is 5.10 Å². The van der Waals surface area contributed by atoms with Crippen molar-refractivity contribution in [1.82, 2.24) is 30.7 Å². The van der Waals surface area contributed by atoms with E-state index in [1.807, 2.05) is 42.2 Å². The van der Waals surface area contributed by atoms with Gasteiger partial charge in [0.15, 0.2) is 11.7 Å². The van der Waals surface area contributed by atoms with Gasteiger partial charge in [-0.05, 0) is 31.0 Å². The minimum atomic E-state index is 0.224. The molecule has 9 heteroatoms. The number of guanidine groups is 1. The highest BCUT2D eigenvalue weighted by Gasteiger charge is 2.29. The number of aliphatic imine (C=N–C) groups is 1. The monoisotopic (exact) mass is 449 g/mol. The van der Waals surface area contributed by atoms with Gasteiger partial charge in [0.2, 0.25) is 11.7 Å². The second-order valence-corrected chi connectivity index (χ2v) is 8.12. The topological polar surface area (TPSA) is 111 Å². The van der Waals surface area contributed by atoms with Crippen molar-refractivity contribution in [2.24, 2.45) is 10.9 Å². The summed E-state index contributed by atoms with van der Waals surface area (Å²) in [7, 11) is 0. The number of benzene rings is 1. The maximum Gasteiger partial charge on any atom is 0.223 e. The zero-order valence-corrected chi connectivity index (χ0v) is 19.0. The smallest absolute Gasteiger partial charge is 0.223 e. The number of aromatic nitrogens is 3. The molecule has 33 heavy (non-hydrogen) atoms. The molecule has 1 saturated heterocycles. The van der Waals surface area contributed by atoms with Crippen LogP contribution in [0.15, 0.2) is 58.1 Å². The highest BCUT2D eigenvalue weighted by Crippen LogP contribution is 2.19. The minimum Gasteiger partial charge on any atom is -0.461 e. The maximum absolute atomic E-state index is 12.4. The zero-order valence-electron chi connectivity index (χ0n) is 19.0. The third-order valence-corrected chi connectivity index (χ3v) is 5.59. The molecule has 3 N–H and O–H groups in total. The molecule has 1 unspecified atom stereocenters. The Kier molecular flexibility index (Phi) is 7.73. The van der Waals surface area contributed by atoms with Crippen LogP contribution in [0.1, 0.15) is 24.7 Å². The lowest BCUT2D eigenvalue weighted by Gasteiger charge is -2.16. The van der Waals surface area contributed by atoms with Gasteiger partial charge in [0.25, 0.3) is 0 Å². The second kappa shape index (κ2) is 11.3. The molecule has 0 saturated carbocycles. The molecule has 1 atom stereocenters. The van der Waals surface area contributed by atoms with Crippen LogP contribution in [0.5, 0.6) is 0 Å². The van der Waals surface area contributed by atoms with Crippen LogP contribution >= 0.6 is 0 Å². The summed E-state index contributed by atoms with van der Waals surface area (Å²) in [6.45, 7) is 5.61. The quantitative estimate of drug-likeness (QED) is 0.323. The number of hydrogen-bond acceptors (Lipinski definition) is 5. The summed E-state index contributed by atoms with van der Waals surface area (Å²) < 4.78 is 5.32. The van der Waals surface area contributed by atoms with Crippen LogP contribution in [-0.4, -0.2) is 64.7 Å². The summed E-state index contributed by atoms with van der Waals surface area (Å²) in [5.41, 5.74) is 1.26. The summed E-state index contributed by atoms with van der Waals surface area (Å²) >= 11 is 0. The van der Waals surface area contributed by atoms with Crippen LogP contribution in [0, 0.1) is 5.92 Å². The average molecular weight is 450 g/mol. The molecule has 3 heterocycles. The number of nitrogens with one attached hydrogen (secondary N) is 3. The number of H-pyrrole nitrogens is 1. The van der Waals surface area contributed by atoms with Crippen LogP contribution < -0.4 is 10.6 Å². The van der Waals surface area contributed by atoms with Gasteiger partial charge in [-0.25, -0.2) is 4.98 Å². The fourth-order valence-electron chi connectivity index (χ4n) is 3.89. The predicted molar refractivity (Wildman–Crippen MR) is 127 cm³/mol. The Morgan fingerprint density at radius 1 is 1.21 bits per heavy atom. The van der Waals surface area contributed by atoms with Gasteiger partial charge in [-0.3, -0.25) is 14.9 Å². The molecule has 0 aliphatic carbocycles. The second-order valence-electron chi connectivity index (χ2n) is 8.12. The number of nitrogens with zero attached hydrogens (tertiary/aromatic N) is 4. The number of hydrogen-bond donors (Lipinski definition) is 3. The van der Waals surface area contributed by atoms with Crippen molar-refractivity contribution in [1.29, 1.82) is 0 Å². The molecular formula is C24H31N7O2. The van der Waals surface area contributed by atoms with Crippen molar-refractivity contribution in [2.45, 2.75) is 26.2 Å². The molecule has 1 aliphatic rings. The molecule has 1 aromatic carbocycles. The molecular weight excluding hydrogens is 418 g/mol. The van der Waals surface area contributed by atoms with Gasteiger partial charge < -0.3 is 20.0 Å². The Labute approximate surface area is 193 Å². The van der Waals surface area contributed by atoms with Crippen LogP contribution in [0.25, 0.3) is 11.6 Å². The Bertz CT molecular complexity index is 1030. The number of carbonyl (C=O) groups excluding carboxylic acids is 1. The number of amides is 1. The van der Waals surface area contributed by atoms with E-state index in [4.69, 9.17) is 9.41 Å². The Hall–Kier alpha value is -3.62. The predicted octanol–water partition coefficient (Wildman–Crippen LogP) is 2.25. The first-order chi connectivity index (χ1) is 16.2. The molecule has 1 aliphatic heterocycles. The van der Waals surface area contributed by atoms with Crippen molar-refractivity contribution in [3.05, 3.63) is 60.1 Å². The number of furan rings is 1. The third-order valence-electron chi connectivity index (χ3n) is 5.59. The average Bonchev–Trinajstić information content (AvgIpc) is 3.58. The number of aromatic amines is 1. The molecule has 1 amide bonds. The summed E-state index contributed by atoms with van der Waals surface area (Å²) in [5, 5.41) is 13.7. The highest BCUT2D eigenvalue weighted by molar-refractivity contribution is 5.80. The first-order valence-corrected chi connectivity index (χ1v) is 11.5. The standard InChI is InChI=1S/C24H31N7O2/c1-2-25-24(26-12-10-21-28-23(30-29-21)20-9-6-14-33-20)27-16-19-15-22(32)31(17-19)13-11-18-7-4-3-5-8-18/h3-9,14,19H,2,10-13,15-17H2,1H3,(H2,25,26,27)(H,28,29,30). The van der Waals surface area contributed by atoms with E-state index < -0.39 is 0 Å². The van der Waals surface area contributed by atoms with Crippen LogP contribution in [-0.2, 0) is 17.6 Å². The largest absolute Gasteiger partial charge is 0.461 e. The van der Waals surface area contributed by atoms with E-state index in [9.17, 15) is 4.79 Å². The van der Waals surface area contributed by atoms with Gasteiger partial charge in [0.1, 0.15) is 5.82 Å². The van der Waals surface area contributed by atoms with Crippen molar-refractivity contribution in [2.75, 3.05) is 32.7 Å². The van der Waals surface area contributed by atoms with Crippen molar-refractivity contribution < 1.29 is 9.21 Å². The maximum atomic E-state index is 12.4. The van der Waals surface area contributed by atoms with Gasteiger partial charge >= 0.3 is 0 Å². The summed E-state index contributed by atoms with van der Waals surface area (Å²) in [6.07, 6.45) is 3.72. The van der Waals surface area contributed by atoms with E-state index in [1.165, 1.54) is 5.56 Å². The zero-order chi connectivity index (χ0) is 22.9. The Morgan fingerprint density at radius 2 is 2.09 bits per heavy atom. The van der Waals surface area contributed by atoms with E-state index in [0.29, 0.717) is 37.5 Å². The molecule has 3 aromatic rings. The van der Waals surface area contributed by atoms with E-state index in [0.717, 1.165) is 37.8 Å². The molecule has 2 aromatic heterocycles. The number of rotatable bonds is 10. The molecule has 9 nitrogen and oxygen atoms in total.